The van der Waals surface area contributed by atoms with Crippen LogP contribution in [0.4, 0.5) is 0 Å². The predicted molar refractivity (Wildman–Crippen MR) is 66.8 cm³/mol. The molecule has 2 heterocycles. The molecule has 0 spiro atoms. The quantitative estimate of drug-likeness (QED) is 0.660. The molecule has 2 unspecified atom stereocenters. The molecule has 0 saturated heterocycles. The summed E-state index contributed by atoms with van der Waals surface area (Å²) in [4.78, 5) is 16.2. The van der Waals surface area contributed by atoms with E-state index >= 15 is 0 Å². The highest BCUT2D eigenvalue weighted by molar-refractivity contribution is 8.03. The normalized spacial score (nSPS) is 28.6. The van der Waals surface area contributed by atoms with E-state index in [1.807, 2.05) is 32.4 Å². The van der Waals surface area contributed by atoms with Crippen LogP contribution in [-0.2, 0) is 9.53 Å². The van der Waals surface area contributed by atoms with Crippen LogP contribution >= 0.6 is 11.8 Å². The minimum absolute atomic E-state index is 0.164. The van der Waals surface area contributed by atoms with Gasteiger partial charge in [0.1, 0.15) is 5.60 Å². The maximum absolute atomic E-state index is 12.0. The fraction of sp³-hybridized carbons (Fsp3) is 0.667. The van der Waals surface area contributed by atoms with E-state index in [1.54, 1.807) is 11.8 Å². The monoisotopic (exact) mass is 239 g/mol. The number of rotatable bonds is 1. The molecule has 88 valence electrons. The van der Waals surface area contributed by atoms with E-state index in [2.05, 4.69) is 4.99 Å². The molecule has 4 heteroatoms. The predicted octanol–water partition coefficient (Wildman–Crippen LogP) is 2.42. The van der Waals surface area contributed by atoms with Crippen LogP contribution in [0, 0.1) is 5.92 Å². The number of esters is 1. The van der Waals surface area contributed by atoms with Crippen LogP contribution in [0.1, 0.15) is 27.2 Å². The maximum atomic E-state index is 12.0. The lowest BCUT2D eigenvalue weighted by molar-refractivity contribution is -0.150. The van der Waals surface area contributed by atoms with E-state index < -0.39 is 5.60 Å². The second kappa shape index (κ2) is 4.24. The van der Waals surface area contributed by atoms with Gasteiger partial charge in [-0.05, 0) is 38.8 Å². The summed E-state index contributed by atoms with van der Waals surface area (Å²) >= 11 is 1.71. The summed E-state index contributed by atoms with van der Waals surface area (Å²) in [5.74, 6) is 0.139. The minimum Gasteiger partial charge on any atom is -0.457 e. The van der Waals surface area contributed by atoms with Crippen molar-refractivity contribution < 1.29 is 9.53 Å². The third-order valence-corrected chi connectivity index (χ3v) is 3.84. The number of hydrogen-bond donors (Lipinski definition) is 0. The van der Waals surface area contributed by atoms with Crippen molar-refractivity contribution in [2.24, 2.45) is 10.9 Å². The van der Waals surface area contributed by atoms with Crippen molar-refractivity contribution in [1.82, 2.24) is 0 Å². The molecule has 0 aromatic rings. The van der Waals surface area contributed by atoms with Gasteiger partial charge in [-0.2, -0.15) is 0 Å². The van der Waals surface area contributed by atoms with E-state index in [0.29, 0.717) is 11.2 Å². The van der Waals surface area contributed by atoms with Crippen molar-refractivity contribution in [2.75, 3.05) is 6.54 Å². The Hall–Kier alpha value is -0.770. The highest BCUT2D eigenvalue weighted by Gasteiger charge is 2.36. The summed E-state index contributed by atoms with van der Waals surface area (Å²) in [6.07, 6.45) is 2.79. The molecule has 3 nitrogen and oxygen atoms in total. The molecule has 0 aromatic carbocycles. The Balaban J connectivity index is 2.05. The zero-order chi connectivity index (χ0) is 11.8. The van der Waals surface area contributed by atoms with Crippen molar-refractivity contribution in [3.63, 3.8) is 0 Å². The Morgan fingerprint density at radius 1 is 1.56 bits per heavy atom. The topological polar surface area (TPSA) is 38.7 Å². The molecular formula is C12H17NO2S. The van der Waals surface area contributed by atoms with Gasteiger partial charge in [0.2, 0.25) is 0 Å². The number of hydrogen-bond acceptors (Lipinski definition) is 4. The number of carbonyl (C=O) groups is 1. The maximum Gasteiger partial charge on any atom is 0.335 e. The van der Waals surface area contributed by atoms with Crippen LogP contribution in [0.15, 0.2) is 16.0 Å². The highest BCUT2D eigenvalue weighted by Crippen LogP contribution is 2.40. The van der Waals surface area contributed by atoms with Gasteiger partial charge in [-0.1, -0.05) is 0 Å². The lowest BCUT2D eigenvalue weighted by atomic mass is 9.92. The smallest absolute Gasteiger partial charge is 0.335 e. The van der Waals surface area contributed by atoms with Crippen molar-refractivity contribution in [2.45, 2.75) is 38.0 Å². The highest BCUT2D eigenvalue weighted by atomic mass is 32.2. The van der Waals surface area contributed by atoms with E-state index in [4.69, 9.17) is 4.74 Å². The van der Waals surface area contributed by atoms with Crippen LogP contribution in [0.3, 0.4) is 0 Å². The largest absolute Gasteiger partial charge is 0.457 e. The SMILES string of the molecule is CC(C)(C)OC(=O)C1=CSC2CN=CCC12. The third-order valence-electron chi connectivity index (χ3n) is 2.63. The molecule has 0 saturated carbocycles. The number of ether oxygens (including phenoxy) is 1. The fourth-order valence-electron chi connectivity index (χ4n) is 1.90. The molecule has 0 bridgehead atoms. The minimum atomic E-state index is -0.413. The van der Waals surface area contributed by atoms with Crippen LogP contribution in [0.2, 0.25) is 0 Å². The van der Waals surface area contributed by atoms with Crippen LogP contribution < -0.4 is 0 Å². The molecule has 2 aliphatic rings. The number of aliphatic imine (C=N–C) groups is 1. The Morgan fingerprint density at radius 3 is 3.00 bits per heavy atom. The molecular weight excluding hydrogens is 222 g/mol. The van der Waals surface area contributed by atoms with Crippen molar-refractivity contribution >= 4 is 23.9 Å². The summed E-state index contributed by atoms with van der Waals surface area (Å²) < 4.78 is 5.41. The standard InChI is InChI=1S/C12H17NO2S/c1-12(2,3)15-11(14)9-7-16-10-6-13-5-4-8(9)10/h5,7-8,10H,4,6H2,1-3H3. The van der Waals surface area contributed by atoms with Crippen LogP contribution in [-0.4, -0.2) is 29.6 Å². The van der Waals surface area contributed by atoms with Crippen molar-refractivity contribution in [3.8, 4) is 0 Å². The molecule has 0 aliphatic carbocycles. The zero-order valence-corrected chi connectivity index (χ0v) is 10.7. The summed E-state index contributed by atoms with van der Waals surface area (Å²) in [5, 5.41) is 2.39. The molecule has 0 fully saturated rings. The van der Waals surface area contributed by atoms with Gasteiger partial charge >= 0.3 is 5.97 Å². The molecule has 2 aliphatic heterocycles. The van der Waals surface area contributed by atoms with Gasteiger partial charge < -0.3 is 4.74 Å². The third kappa shape index (κ3) is 2.48. The molecule has 2 atom stereocenters. The average Bonchev–Trinajstić information content (AvgIpc) is 2.58. The number of carbonyl (C=O) groups excluding carboxylic acids is 1. The van der Waals surface area contributed by atoms with Gasteiger partial charge in [0.05, 0.1) is 6.54 Å². The van der Waals surface area contributed by atoms with Crippen molar-refractivity contribution in [3.05, 3.63) is 11.0 Å². The Labute approximate surface area is 100 Å². The molecule has 0 radical (unpaired) electrons. The van der Waals surface area contributed by atoms with Gasteiger partial charge in [-0.3, -0.25) is 4.99 Å². The molecule has 0 N–H and O–H groups in total. The lowest BCUT2D eigenvalue weighted by Crippen LogP contribution is -2.30. The number of fused-ring (bicyclic) bond motifs is 1. The summed E-state index contributed by atoms with van der Waals surface area (Å²) in [5.41, 5.74) is 0.416. The van der Waals surface area contributed by atoms with E-state index in [-0.39, 0.29) is 5.97 Å². The van der Waals surface area contributed by atoms with Gasteiger partial charge in [-0.25, -0.2) is 4.79 Å². The molecule has 16 heavy (non-hydrogen) atoms. The first-order valence-corrected chi connectivity index (χ1v) is 6.49. The van der Waals surface area contributed by atoms with Crippen LogP contribution in [0.25, 0.3) is 0 Å². The van der Waals surface area contributed by atoms with E-state index in [1.165, 1.54) is 0 Å². The van der Waals surface area contributed by atoms with Gasteiger partial charge in [0.15, 0.2) is 0 Å². The molecule has 2 rings (SSSR count). The first-order chi connectivity index (χ1) is 7.47. The number of thioether (sulfide) groups is 1. The summed E-state index contributed by atoms with van der Waals surface area (Å²) in [6.45, 7) is 6.51. The second-order valence-corrected chi connectivity index (χ2v) is 6.25. The fourth-order valence-corrected chi connectivity index (χ4v) is 3.11. The van der Waals surface area contributed by atoms with E-state index in [9.17, 15) is 4.79 Å². The van der Waals surface area contributed by atoms with Gasteiger partial charge in [0.25, 0.3) is 0 Å². The first-order valence-electron chi connectivity index (χ1n) is 5.54. The number of nitrogens with zero attached hydrogens (tertiary/aromatic N) is 1. The average molecular weight is 239 g/mol. The second-order valence-electron chi connectivity index (χ2n) is 5.14. The van der Waals surface area contributed by atoms with Gasteiger partial charge in [-0.15, -0.1) is 11.8 Å². The van der Waals surface area contributed by atoms with Crippen molar-refractivity contribution in [1.29, 1.82) is 0 Å². The lowest BCUT2D eigenvalue weighted by Gasteiger charge is -2.24. The zero-order valence-electron chi connectivity index (χ0n) is 9.90. The summed E-state index contributed by atoms with van der Waals surface area (Å²) in [7, 11) is 0. The van der Waals surface area contributed by atoms with E-state index in [0.717, 1.165) is 18.5 Å². The summed E-state index contributed by atoms with van der Waals surface area (Å²) in [6, 6.07) is 0. The Kier molecular flexibility index (Phi) is 3.10. The Bertz CT molecular complexity index is 355. The molecule has 0 aromatic heterocycles. The first kappa shape index (κ1) is 11.7. The van der Waals surface area contributed by atoms with Crippen LogP contribution in [0.5, 0.6) is 0 Å². The Morgan fingerprint density at radius 2 is 2.31 bits per heavy atom. The molecule has 0 amide bonds. The van der Waals surface area contributed by atoms with Gasteiger partial charge in [0, 0.05) is 16.7 Å².